The largest absolute Gasteiger partial charge is 0.480 e. The van der Waals surface area contributed by atoms with Crippen LogP contribution in [0.3, 0.4) is 0 Å². The summed E-state index contributed by atoms with van der Waals surface area (Å²) >= 11 is 0. The Bertz CT molecular complexity index is 188. The van der Waals surface area contributed by atoms with Gasteiger partial charge in [0.05, 0.1) is 0 Å². The third-order valence-electron chi connectivity index (χ3n) is 3.36. The van der Waals surface area contributed by atoms with E-state index >= 15 is 0 Å². The van der Waals surface area contributed by atoms with E-state index in [1.54, 1.807) is 0 Å². The van der Waals surface area contributed by atoms with Crippen LogP contribution in [0.15, 0.2) is 0 Å². The van der Waals surface area contributed by atoms with Crippen LogP contribution in [0.2, 0.25) is 0 Å². The summed E-state index contributed by atoms with van der Waals surface area (Å²) in [5.41, 5.74) is -0.704. The molecule has 3 heteroatoms. The van der Waals surface area contributed by atoms with Crippen molar-refractivity contribution in [2.75, 3.05) is 6.54 Å². The number of rotatable bonds is 10. The van der Waals surface area contributed by atoms with E-state index in [0.29, 0.717) is 12.8 Å². The number of unbranched alkanes of at least 4 members (excludes halogenated alkanes) is 4. The van der Waals surface area contributed by atoms with Crippen LogP contribution in [-0.2, 0) is 4.79 Å². The molecule has 0 aromatic rings. The second-order valence-electron chi connectivity index (χ2n) is 4.44. The molecule has 96 valence electrons. The SMILES string of the molecule is CCCCCCCNC(CC)(CC)C(=O)O. The van der Waals surface area contributed by atoms with E-state index in [9.17, 15) is 9.90 Å². The molecule has 0 atom stereocenters. The molecule has 0 rings (SSSR count). The summed E-state index contributed by atoms with van der Waals surface area (Å²) in [6.07, 6.45) is 7.36. The highest BCUT2D eigenvalue weighted by atomic mass is 16.4. The Morgan fingerprint density at radius 3 is 2.06 bits per heavy atom. The zero-order valence-corrected chi connectivity index (χ0v) is 11.0. The number of hydrogen-bond donors (Lipinski definition) is 2. The highest BCUT2D eigenvalue weighted by molar-refractivity contribution is 5.78. The summed E-state index contributed by atoms with van der Waals surface area (Å²) in [6, 6.07) is 0. The first kappa shape index (κ1) is 15.4. The first-order valence-electron chi connectivity index (χ1n) is 6.61. The van der Waals surface area contributed by atoms with Crippen LogP contribution in [-0.4, -0.2) is 23.2 Å². The normalized spacial score (nSPS) is 11.7. The Balaban J connectivity index is 3.81. The number of carboxylic acids is 1. The fraction of sp³-hybridized carbons (Fsp3) is 0.923. The van der Waals surface area contributed by atoms with E-state index in [1.807, 2.05) is 13.8 Å². The maximum absolute atomic E-state index is 11.2. The lowest BCUT2D eigenvalue weighted by atomic mass is 9.93. The van der Waals surface area contributed by atoms with Crippen LogP contribution in [0.1, 0.15) is 65.7 Å². The molecule has 3 nitrogen and oxygen atoms in total. The Morgan fingerprint density at radius 2 is 1.62 bits per heavy atom. The van der Waals surface area contributed by atoms with Crippen LogP contribution in [0.25, 0.3) is 0 Å². The van der Waals surface area contributed by atoms with E-state index in [-0.39, 0.29) is 0 Å². The Labute approximate surface area is 99.6 Å². The van der Waals surface area contributed by atoms with Gasteiger partial charge in [-0.3, -0.25) is 4.79 Å². The molecule has 0 fully saturated rings. The van der Waals surface area contributed by atoms with Crippen molar-refractivity contribution in [3.63, 3.8) is 0 Å². The number of aliphatic carboxylic acids is 1. The molecule has 0 amide bonds. The first-order chi connectivity index (χ1) is 7.63. The standard InChI is InChI=1S/C13H27NO2/c1-4-7-8-9-10-11-14-13(5-2,6-3)12(15)16/h14H,4-11H2,1-3H3,(H,15,16). The average Bonchev–Trinajstić information content (AvgIpc) is 2.28. The van der Waals surface area contributed by atoms with Crippen LogP contribution in [0.4, 0.5) is 0 Å². The molecular formula is C13H27NO2. The van der Waals surface area contributed by atoms with Crippen LogP contribution < -0.4 is 5.32 Å². The van der Waals surface area contributed by atoms with Gasteiger partial charge in [0.15, 0.2) is 0 Å². The van der Waals surface area contributed by atoms with Crippen molar-refractivity contribution < 1.29 is 9.90 Å². The Hall–Kier alpha value is -0.570. The predicted molar refractivity (Wildman–Crippen MR) is 67.7 cm³/mol. The van der Waals surface area contributed by atoms with Crippen molar-refractivity contribution in [2.24, 2.45) is 0 Å². The number of hydrogen-bond acceptors (Lipinski definition) is 2. The Morgan fingerprint density at radius 1 is 1.06 bits per heavy atom. The van der Waals surface area contributed by atoms with Gasteiger partial charge < -0.3 is 10.4 Å². The molecule has 0 aromatic carbocycles. The lowest BCUT2D eigenvalue weighted by Crippen LogP contribution is -2.51. The van der Waals surface area contributed by atoms with Gasteiger partial charge in [-0.1, -0.05) is 46.5 Å². The van der Waals surface area contributed by atoms with Gasteiger partial charge >= 0.3 is 5.97 Å². The summed E-state index contributed by atoms with van der Waals surface area (Å²) in [5.74, 6) is -0.717. The van der Waals surface area contributed by atoms with Crippen molar-refractivity contribution in [1.82, 2.24) is 5.32 Å². The van der Waals surface area contributed by atoms with Gasteiger partial charge in [-0.05, 0) is 25.8 Å². The molecule has 0 spiro atoms. The zero-order chi connectivity index (χ0) is 12.4. The van der Waals surface area contributed by atoms with Gasteiger partial charge in [-0.25, -0.2) is 0 Å². The molecule has 0 saturated heterocycles. The van der Waals surface area contributed by atoms with Crippen LogP contribution >= 0.6 is 0 Å². The molecular weight excluding hydrogens is 202 g/mol. The van der Waals surface area contributed by atoms with Gasteiger partial charge in [0.25, 0.3) is 0 Å². The van der Waals surface area contributed by atoms with Crippen molar-refractivity contribution >= 4 is 5.97 Å². The number of nitrogens with one attached hydrogen (secondary N) is 1. The van der Waals surface area contributed by atoms with E-state index in [1.165, 1.54) is 25.7 Å². The molecule has 16 heavy (non-hydrogen) atoms. The number of carbonyl (C=O) groups is 1. The topological polar surface area (TPSA) is 49.3 Å². The predicted octanol–water partition coefficient (Wildman–Crippen LogP) is 3.19. The molecule has 2 N–H and O–H groups in total. The van der Waals surface area contributed by atoms with Crippen LogP contribution in [0.5, 0.6) is 0 Å². The highest BCUT2D eigenvalue weighted by Crippen LogP contribution is 2.15. The summed E-state index contributed by atoms with van der Waals surface area (Å²) in [5, 5.41) is 12.4. The zero-order valence-electron chi connectivity index (χ0n) is 11.0. The fourth-order valence-corrected chi connectivity index (χ4v) is 1.93. The lowest BCUT2D eigenvalue weighted by molar-refractivity contribution is -0.145. The van der Waals surface area contributed by atoms with Crippen molar-refractivity contribution in [1.29, 1.82) is 0 Å². The molecule has 0 aliphatic heterocycles. The smallest absolute Gasteiger partial charge is 0.323 e. The first-order valence-corrected chi connectivity index (χ1v) is 6.61. The molecule has 0 heterocycles. The lowest BCUT2D eigenvalue weighted by Gasteiger charge is -2.28. The minimum absolute atomic E-state index is 0.647. The minimum Gasteiger partial charge on any atom is -0.480 e. The van der Waals surface area contributed by atoms with Gasteiger partial charge in [0.1, 0.15) is 5.54 Å². The van der Waals surface area contributed by atoms with Crippen molar-refractivity contribution in [3.05, 3.63) is 0 Å². The highest BCUT2D eigenvalue weighted by Gasteiger charge is 2.33. The van der Waals surface area contributed by atoms with Gasteiger partial charge in [-0.2, -0.15) is 0 Å². The molecule has 0 saturated carbocycles. The van der Waals surface area contributed by atoms with Crippen molar-refractivity contribution in [2.45, 2.75) is 71.3 Å². The molecule has 0 radical (unpaired) electrons. The van der Waals surface area contributed by atoms with Gasteiger partial charge in [0, 0.05) is 0 Å². The third-order valence-corrected chi connectivity index (χ3v) is 3.36. The van der Waals surface area contributed by atoms with E-state index in [4.69, 9.17) is 0 Å². The maximum atomic E-state index is 11.2. The Kier molecular flexibility index (Phi) is 8.26. The minimum atomic E-state index is -0.717. The van der Waals surface area contributed by atoms with E-state index < -0.39 is 11.5 Å². The summed E-state index contributed by atoms with van der Waals surface area (Å²) in [4.78, 5) is 11.2. The van der Waals surface area contributed by atoms with E-state index in [0.717, 1.165) is 13.0 Å². The average molecular weight is 229 g/mol. The van der Waals surface area contributed by atoms with Gasteiger partial charge in [-0.15, -0.1) is 0 Å². The third kappa shape index (κ3) is 4.97. The van der Waals surface area contributed by atoms with Crippen LogP contribution in [0, 0.1) is 0 Å². The number of carboxylic acid groups (broad SMARTS) is 1. The van der Waals surface area contributed by atoms with Crippen molar-refractivity contribution in [3.8, 4) is 0 Å². The monoisotopic (exact) mass is 229 g/mol. The summed E-state index contributed by atoms with van der Waals surface area (Å²) in [6.45, 7) is 6.88. The summed E-state index contributed by atoms with van der Waals surface area (Å²) < 4.78 is 0. The molecule has 0 aromatic heterocycles. The molecule has 0 unspecified atom stereocenters. The molecule has 0 aliphatic rings. The second kappa shape index (κ2) is 8.57. The fourth-order valence-electron chi connectivity index (χ4n) is 1.93. The van der Waals surface area contributed by atoms with Gasteiger partial charge in [0.2, 0.25) is 0 Å². The molecule has 0 bridgehead atoms. The summed E-state index contributed by atoms with van der Waals surface area (Å²) in [7, 11) is 0. The maximum Gasteiger partial charge on any atom is 0.323 e. The van der Waals surface area contributed by atoms with E-state index in [2.05, 4.69) is 12.2 Å². The second-order valence-corrected chi connectivity index (χ2v) is 4.44. The quantitative estimate of drug-likeness (QED) is 0.566. The molecule has 0 aliphatic carbocycles.